The van der Waals surface area contributed by atoms with Gasteiger partial charge in [-0.1, -0.05) is 11.6 Å². The molecule has 1 saturated heterocycles. The number of hydrogen-bond acceptors (Lipinski definition) is 6. The number of rotatable bonds is 7. The van der Waals surface area contributed by atoms with Gasteiger partial charge < -0.3 is 10.3 Å². The van der Waals surface area contributed by atoms with Crippen LogP contribution in [0.25, 0.3) is 0 Å². The summed E-state index contributed by atoms with van der Waals surface area (Å²) in [6.07, 6.45) is -4.26. The smallest absolute Gasteiger partial charge is 0.350 e. The minimum atomic E-state index is -4.63. The summed E-state index contributed by atoms with van der Waals surface area (Å²) >= 11 is 5.93. The molecule has 1 amide bonds. The summed E-state index contributed by atoms with van der Waals surface area (Å²) in [4.78, 5) is 18.4. The number of amides is 1. The Hall–Kier alpha value is -2.16. The topological polar surface area (TPSA) is 106 Å². The van der Waals surface area contributed by atoms with E-state index in [0.29, 0.717) is 6.07 Å². The van der Waals surface area contributed by atoms with Crippen LogP contribution in [0.1, 0.15) is 48.0 Å². The summed E-state index contributed by atoms with van der Waals surface area (Å²) < 4.78 is 93.4. The summed E-state index contributed by atoms with van der Waals surface area (Å²) in [5.41, 5.74) is -2.09. The van der Waals surface area contributed by atoms with Crippen LogP contribution in [0.15, 0.2) is 23.2 Å². The third-order valence-corrected chi connectivity index (χ3v) is 9.20. The molecule has 0 radical (unpaired) electrons. The van der Waals surface area contributed by atoms with E-state index in [-0.39, 0.29) is 57.5 Å². The molecule has 0 unspecified atom stereocenters. The average molecular weight is 586 g/mol. The van der Waals surface area contributed by atoms with Gasteiger partial charge in [0.2, 0.25) is 5.92 Å². The van der Waals surface area contributed by atoms with Gasteiger partial charge in [0.25, 0.3) is 15.9 Å². The first-order valence-electron chi connectivity index (χ1n) is 11.9. The van der Waals surface area contributed by atoms with Crippen LogP contribution in [0.5, 0.6) is 0 Å². The third kappa shape index (κ3) is 6.88. The molecule has 15 heteroatoms. The van der Waals surface area contributed by atoms with Gasteiger partial charge in [-0.25, -0.2) is 17.2 Å². The SMILES string of the molecule is CN=CCC(=N)S(=O)(=O)N1CCN(C2(CNC(=O)c3ccc(C(F)(F)F)cc3Cl)CCC(F)(F)CC2)CC1. The molecule has 3 rings (SSSR count). The highest BCUT2D eigenvalue weighted by atomic mass is 35.5. The highest BCUT2D eigenvalue weighted by Crippen LogP contribution is 2.42. The minimum Gasteiger partial charge on any atom is -0.350 e. The molecule has 1 aromatic rings. The lowest BCUT2D eigenvalue weighted by atomic mass is 9.78. The zero-order chi connectivity index (χ0) is 28.4. The predicted molar refractivity (Wildman–Crippen MR) is 134 cm³/mol. The van der Waals surface area contributed by atoms with Gasteiger partial charge in [0.1, 0.15) is 5.04 Å². The van der Waals surface area contributed by atoms with Crippen molar-refractivity contribution in [2.75, 3.05) is 39.8 Å². The first kappa shape index (κ1) is 30.4. The minimum absolute atomic E-state index is 0.0244. The Labute approximate surface area is 222 Å². The lowest BCUT2D eigenvalue weighted by Crippen LogP contribution is -2.63. The number of nitrogens with zero attached hydrogens (tertiary/aromatic N) is 3. The van der Waals surface area contributed by atoms with E-state index in [1.165, 1.54) is 17.6 Å². The number of nitrogens with one attached hydrogen (secondary N) is 2. The molecule has 1 heterocycles. The molecule has 2 aliphatic rings. The summed E-state index contributed by atoms with van der Waals surface area (Å²) in [5.74, 6) is -3.61. The number of carbonyl (C=O) groups is 1. The Morgan fingerprint density at radius 3 is 2.29 bits per heavy atom. The van der Waals surface area contributed by atoms with Crippen molar-refractivity contribution in [1.29, 1.82) is 5.41 Å². The average Bonchev–Trinajstić information content (AvgIpc) is 2.86. The standard InChI is InChI=1S/C23H29ClF5N5O3S/c1-31-9-4-19(30)38(36,37)34-12-10-33(11-13-34)21(5-7-22(25,26)8-6-21)15-32-20(35)17-3-2-16(14-18(17)24)23(27,28)29/h2-3,9,14,30H,4-8,10-13,15H2,1H3,(H,32,35). The van der Waals surface area contributed by atoms with Crippen molar-refractivity contribution in [3.63, 3.8) is 0 Å². The third-order valence-electron chi connectivity index (χ3n) is 7.05. The van der Waals surface area contributed by atoms with Gasteiger partial charge in [-0.15, -0.1) is 0 Å². The molecule has 0 atom stereocenters. The summed E-state index contributed by atoms with van der Waals surface area (Å²) in [6, 6.07) is 2.35. The zero-order valence-electron chi connectivity index (χ0n) is 20.6. The van der Waals surface area contributed by atoms with Crippen molar-refractivity contribution in [1.82, 2.24) is 14.5 Å². The van der Waals surface area contributed by atoms with E-state index < -0.39 is 62.0 Å². The molecule has 1 aliphatic carbocycles. The highest BCUT2D eigenvalue weighted by molar-refractivity contribution is 8.04. The van der Waals surface area contributed by atoms with E-state index in [4.69, 9.17) is 17.0 Å². The van der Waals surface area contributed by atoms with Crippen molar-refractivity contribution >= 4 is 38.8 Å². The van der Waals surface area contributed by atoms with E-state index in [1.807, 2.05) is 4.90 Å². The van der Waals surface area contributed by atoms with E-state index in [9.17, 15) is 35.2 Å². The van der Waals surface area contributed by atoms with Crippen molar-refractivity contribution in [2.45, 2.75) is 49.7 Å². The van der Waals surface area contributed by atoms with Crippen LogP contribution >= 0.6 is 11.6 Å². The fourth-order valence-corrected chi connectivity index (χ4v) is 6.25. The molecule has 2 N–H and O–H groups in total. The Bertz CT molecular complexity index is 1170. The summed E-state index contributed by atoms with van der Waals surface area (Å²) in [7, 11) is -2.52. The van der Waals surface area contributed by atoms with E-state index in [2.05, 4.69) is 10.3 Å². The first-order valence-corrected chi connectivity index (χ1v) is 13.7. The van der Waals surface area contributed by atoms with E-state index in [1.54, 1.807) is 0 Å². The Kier molecular flexibility index (Phi) is 9.21. The summed E-state index contributed by atoms with van der Waals surface area (Å²) in [5, 5.41) is 9.64. The molecule has 38 heavy (non-hydrogen) atoms. The van der Waals surface area contributed by atoms with E-state index >= 15 is 0 Å². The number of aliphatic imine (C=N–C) groups is 1. The van der Waals surface area contributed by atoms with Gasteiger partial charge in [0.15, 0.2) is 0 Å². The van der Waals surface area contributed by atoms with Crippen LogP contribution in [-0.2, 0) is 16.2 Å². The second-order valence-electron chi connectivity index (χ2n) is 9.41. The van der Waals surface area contributed by atoms with Gasteiger partial charge in [0.05, 0.1) is 16.1 Å². The van der Waals surface area contributed by atoms with Crippen LogP contribution in [0.4, 0.5) is 22.0 Å². The zero-order valence-corrected chi connectivity index (χ0v) is 22.2. The largest absolute Gasteiger partial charge is 0.416 e. The van der Waals surface area contributed by atoms with Crippen LogP contribution in [-0.4, -0.2) is 86.0 Å². The number of benzene rings is 1. The molecule has 0 aromatic heterocycles. The second-order valence-corrected chi connectivity index (χ2v) is 11.8. The van der Waals surface area contributed by atoms with Gasteiger partial charge in [-0.3, -0.25) is 15.1 Å². The Balaban J connectivity index is 1.73. The molecule has 1 saturated carbocycles. The quantitative estimate of drug-likeness (QED) is 0.286. The number of sulfonamides is 1. The lowest BCUT2D eigenvalue weighted by molar-refractivity contribution is -0.137. The van der Waals surface area contributed by atoms with Crippen LogP contribution in [0.3, 0.4) is 0 Å². The van der Waals surface area contributed by atoms with Gasteiger partial charge >= 0.3 is 6.18 Å². The molecular formula is C23H29ClF5N5O3S. The Morgan fingerprint density at radius 2 is 1.76 bits per heavy atom. The monoisotopic (exact) mass is 585 g/mol. The number of piperazine rings is 1. The lowest BCUT2D eigenvalue weighted by Gasteiger charge is -2.50. The van der Waals surface area contributed by atoms with Crippen LogP contribution in [0.2, 0.25) is 5.02 Å². The molecule has 1 aliphatic heterocycles. The molecule has 0 spiro atoms. The first-order chi connectivity index (χ1) is 17.6. The van der Waals surface area contributed by atoms with Gasteiger partial charge in [0, 0.05) is 70.8 Å². The molecule has 8 nitrogen and oxygen atoms in total. The fourth-order valence-electron chi connectivity index (χ4n) is 4.74. The second kappa shape index (κ2) is 11.5. The normalized spacial score (nSPS) is 20.9. The predicted octanol–water partition coefficient (Wildman–Crippen LogP) is 4.05. The van der Waals surface area contributed by atoms with E-state index in [0.717, 1.165) is 12.1 Å². The maximum Gasteiger partial charge on any atom is 0.416 e. The number of alkyl halides is 5. The fraction of sp³-hybridized carbons (Fsp3) is 0.609. The maximum absolute atomic E-state index is 14.0. The van der Waals surface area contributed by atoms with Crippen molar-refractivity contribution < 1.29 is 35.2 Å². The molecular weight excluding hydrogens is 557 g/mol. The molecule has 0 bridgehead atoms. The number of halogens is 6. The Morgan fingerprint density at radius 1 is 1.16 bits per heavy atom. The van der Waals surface area contributed by atoms with Gasteiger partial charge in [-0.2, -0.15) is 17.5 Å². The van der Waals surface area contributed by atoms with Crippen molar-refractivity contribution in [3.05, 3.63) is 34.3 Å². The highest BCUT2D eigenvalue weighted by Gasteiger charge is 2.48. The maximum atomic E-state index is 14.0. The molecule has 212 valence electrons. The van der Waals surface area contributed by atoms with Crippen LogP contribution in [0, 0.1) is 5.41 Å². The van der Waals surface area contributed by atoms with Crippen LogP contribution < -0.4 is 5.32 Å². The van der Waals surface area contributed by atoms with Crippen molar-refractivity contribution in [2.24, 2.45) is 4.99 Å². The van der Waals surface area contributed by atoms with Crippen molar-refractivity contribution in [3.8, 4) is 0 Å². The number of hydrogen-bond donors (Lipinski definition) is 2. The summed E-state index contributed by atoms with van der Waals surface area (Å²) in [6.45, 7) is 0.373. The van der Waals surface area contributed by atoms with Gasteiger partial charge in [-0.05, 0) is 31.0 Å². The molecule has 1 aromatic carbocycles. The molecule has 2 fully saturated rings. The number of carbonyl (C=O) groups excluding carboxylic acids is 1.